The summed E-state index contributed by atoms with van der Waals surface area (Å²) in [6, 6.07) is 0.973. The van der Waals surface area contributed by atoms with Gasteiger partial charge in [0, 0.05) is 12.1 Å². The molecule has 0 aromatic rings. The van der Waals surface area contributed by atoms with Gasteiger partial charge in [-0.05, 0) is 81.5 Å². The Morgan fingerprint density at radius 2 is 1.18 bits per heavy atom. The molecule has 0 spiro atoms. The van der Waals surface area contributed by atoms with E-state index in [1.165, 1.54) is 77.0 Å². The minimum absolute atomic E-state index is 0.486. The van der Waals surface area contributed by atoms with Crippen LogP contribution in [0.2, 0.25) is 0 Å². The summed E-state index contributed by atoms with van der Waals surface area (Å²) in [6.45, 7) is 4.78. The first-order valence-corrected chi connectivity index (χ1v) is 10.1. The largest absolute Gasteiger partial charge is 0.328 e. The minimum atomic E-state index is 0.486. The lowest BCUT2D eigenvalue weighted by Gasteiger charge is -2.38. The summed E-state index contributed by atoms with van der Waals surface area (Å²) in [4.78, 5) is 0. The molecule has 4 N–H and O–H groups in total. The minimum Gasteiger partial charge on any atom is -0.328 e. The molecule has 2 saturated carbocycles. The molecule has 0 saturated heterocycles. The van der Waals surface area contributed by atoms with Gasteiger partial charge in [-0.25, -0.2) is 0 Å². The van der Waals surface area contributed by atoms with Crippen LogP contribution in [0.25, 0.3) is 0 Å². The Morgan fingerprint density at radius 3 is 1.59 bits per heavy atom. The van der Waals surface area contributed by atoms with Crippen LogP contribution in [0.5, 0.6) is 0 Å². The highest BCUT2D eigenvalue weighted by atomic mass is 14.6. The lowest BCUT2D eigenvalue weighted by atomic mass is 9.68. The van der Waals surface area contributed by atoms with E-state index in [0.29, 0.717) is 12.1 Å². The molecule has 0 bridgehead atoms. The molecular weight excluding hydrogens is 268 g/mol. The molecule has 2 unspecified atom stereocenters. The van der Waals surface area contributed by atoms with E-state index in [2.05, 4.69) is 13.8 Å². The average Bonchev–Trinajstić information content (AvgIpc) is 2.53. The van der Waals surface area contributed by atoms with Crippen LogP contribution < -0.4 is 11.5 Å². The average molecular weight is 309 g/mol. The summed E-state index contributed by atoms with van der Waals surface area (Å²) in [5, 5.41) is 0. The molecule has 0 amide bonds. The van der Waals surface area contributed by atoms with Gasteiger partial charge in [0.25, 0.3) is 0 Å². The second-order valence-electron chi connectivity index (χ2n) is 8.30. The van der Waals surface area contributed by atoms with Gasteiger partial charge in [-0.2, -0.15) is 0 Å². The molecule has 0 heterocycles. The van der Waals surface area contributed by atoms with E-state index in [0.717, 1.165) is 23.7 Å². The fraction of sp³-hybridized carbons (Fsp3) is 1.00. The van der Waals surface area contributed by atoms with Gasteiger partial charge in [-0.15, -0.1) is 0 Å². The van der Waals surface area contributed by atoms with Gasteiger partial charge >= 0.3 is 0 Å². The molecule has 0 aliphatic heterocycles. The SMILES string of the molecule is CCCC(CC(CC)C1CCC(N)CC1)C1CCC(N)CC1. The normalized spacial score (nSPS) is 36.0. The predicted molar refractivity (Wildman–Crippen MR) is 96.7 cm³/mol. The van der Waals surface area contributed by atoms with Gasteiger partial charge in [0.2, 0.25) is 0 Å². The van der Waals surface area contributed by atoms with E-state index in [4.69, 9.17) is 11.5 Å². The summed E-state index contributed by atoms with van der Waals surface area (Å²) in [6.07, 6.45) is 16.2. The molecule has 130 valence electrons. The van der Waals surface area contributed by atoms with E-state index in [9.17, 15) is 0 Å². The molecule has 2 fully saturated rings. The molecule has 0 radical (unpaired) electrons. The van der Waals surface area contributed by atoms with Crippen molar-refractivity contribution in [3.63, 3.8) is 0 Å². The van der Waals surface area contributed by atoms with Crippen LogP contribution in [0.4, 0.5) is 0 Å². The van der Waals surface area contributed by atoms with Crippen molar-refractivity contribution >= 4 is 0 Å². The first-order chi connectivity index (χ1) is 10.6. The number of hydrogen-bond acceptors (Lipinski definition) is 2. The van der Waals surface area contributed by atoms with Gasteiger partial charge in [0.15, 0.2) is 0 Å². The Bertz CT molecular complexity index is 288. The van der Waals surface area contributed by atoms with Gasteiger partial charge in [-0.1, -0.05) is 33.1 Å². The summed E-state index contributed by atoms with van der Waals surface area (Å²) in [5.74, 6) is 3.81. The number of nitrogens with two attached hydrogens (primary N) is 2. The number of rotatable bonds is 7. The Hall–Kier alpha value is -0.0800. The Kier molecular flexibility index (Phi) is 7.70. The van der Waals surface area contributed by atoms with Crippen molar-refractivity contribution < 1.29 is 0 Å². The lowest BCUT2D eigenvalue weighted by Crippen LogP contribution is -2.33. The van der Waals surface area contributed by atoms with Crippen LogP contribution in [-0.4, -0.2) is 12.1 Å². The van der Waals surface area contributed by atoms with E-state index in [1.807, 2.05) is 0 Å². The van der Waals surface area contributed by atoms with Crippen molar-refractivity contribution in [2.75, 3.05) is 0 Å². The summed E-state index contributed by atoms with van der Waals surface area (Å²) in [5.41, 5.74) is 12.2. The van der Waals surface area contributed by atoms with Gasteiger partial charge in [0.1, 0.15) is 0 Å². The molecule has 22 heavy (non-hydrogen) atoms. The second-order valence-corrected chi connectivity index (χ2v) is 8.30. The zero-order chi connectivity index (χ0) is 15.9. The third-order valence-corrected chi connectivity index (χ3v) is 6.76. The van der Waals surface area contributed by atoms with E-state index < -0.39 is 0 Å². The zero-order valence-electron chi connectivity index (χ0n) is 15.1. The van der Waals surface area contributed by atoms with Gasteiger partial charge in [0.05, 0.1) is 0 Å². The fourth-order valence-corrected chi connectivity index (χ4v) is 5.23. The molecule has 0 aromatic carbocycles. The second kappa shape index (κ2) is 9.27. The monoisotopic (exact) mass is 308 g/mol. The van der Waals surface area contributed by atoms with Crippen molar-refractivity contribution in [2.24, 2.45) is 35.1 Å². The maximum absolute atomic E-state index is 6.12. The molecule has 0 aromatic heterocycles. The summed E-state index contributed by atoms with van der Waals surface area (Å²) in [7, 11) is 0. The maximum atomic E-state index is 6.12. The topological polar surface area (TPSA) is 52.0 Å². The van der Waals surface area contributed by atoms with Crippen LogP contribution in [0, 0.1) is 23.7 Å². The molecule has 2 rings (SSSR count). The van der Waals surface area contributed by atoms with Gasteiger partial charge in [-0.3, -0.25) is 0 Å². The van der Waals surface area contributed by atoms with E-state index in [1.54, 1.807) is 0 Å². The molecular formula is C20H40N2. The first-order valence-electron chi connectivity index (χ1n) is 10.1. The quantitative estimate of drug-likeness (QED) is 0.706. The Labute approximate surface area is 138 Å². The van der Waals surface area contributed by atoms with Crippen LogP contribution in [-0.2, 0) is 0 Å². The Balaban J connectivity index is 1.89. The number of hydrogen-bond donors (Lipinski definition) is 2. The van der Waals surface area contributed by atoms with E-state index in [-0.39, 0.29) is 0 Å². The Morgan fingerprint density at radius 1 is 0.727 bits per heavy atom. The maximum Gasteiger partial charge on any atom is 0.00390 e. The van der Waals surface area contributed by atoms with Crippen LogP contribution in [0.1, 0.15) is 90.9 Å². The standard InChI is InChI=1S/C20H40N2/c1-3-5-18(17-8-12-20(22)13-9-17)14-15(4-2)16-6-10-19(21)11-7-16/h15-20H,3-14,21-22H2,1-2H3. The van der Waals surface area contributed by atoms with Crippen LogP contribution >= 0.6 is 0 Å². The molecule has 2 nitrogen and oxygen atoms in total. The predicted octanol–water partition coefficient (Wildman–Crippen LogP) is 4.85. The smallest absolute Gasteiger partial charge is 0.00390 e. The molecule has 2 atom stereocenters. The third kappa shape index (κ3) is 5.23. The van der Waals surface area contributed by atoms with Crippen LogP contribution in [0.15, 0.2) is 0 Å². The first kappa shape index (κ1) is 18.3. The van der Waals surface area contributed by atoms with Crippen molar-refractivity contribution in [2.45, 2.75) is 103 Å². The lowest BCUT2D eigenvalue weighted by molar-refractivity contribution is 0.141. The molecule has 2 aliphatic carbocycles. The van der Waals surface area contributed by atoms with Crippen molar-refractivity contribution in [3.05, 3.63) is 0 Å². The zero-order valence-corrected chi connectivity index (χ0v) is 15.1. The van der Waals surface area contributed by atoms with Crippen LogP contribution in [0.3, 0.4) is 0 Å². The van der Waals surface area contributed by atoms with Crippen molar-refractivity contribution in [1.82, 2.24) is 0 Å². The fourth-order valence-electron chi connectivity index (χ4n) is 5.23. The summed E-state index contributed by atoms with van der Waals surface area (Å²) < 4.78 is 0. The molecule has 2 heteroatoms. The summed E-state index contributed by atoms with van der Waals surface area (Å²) >= 11 is 0. The highest BCUT2D eigenvalue weighted by Crippen LogP contribution is 2.41. The third-order valence-electron chi connectivity index (χ3n) is 6.76. The van der Waals surface area contributed by atoms with Crippen molar-refractivity contribution in [3.8, 4) is 0 Å². The van der Waals surface area contributed by atoms with Gasteiger partial charge < -0.3 is 11.5 Å². The highest BCUT2D eigenvalue weighted by molar-refractivity contribution is 4.84. The molecule has 2 aliphatic rings. The van der Waals surface area contributed by atoms with Crippen molar-refractivity contribution in [1.29, 1.82) is 0 Å². The van der Waals surface area contributed by atoms with E-state index >= 15 is 0 Å². The highest BCUT2D eigenvalue weighted by Gasteiger charge is 2.31.